The Balaban J connectivity index is 1.42. The first kappa shape index (κ1) is 31.4. The lowest BCUT2D eigenvalue weighted by Gasteiger charge is -2.14. The fourth-order valence-electron chi connectivity index (χ4n) is 3.70. The molecule has 6 nitrogen and oxygen atoms in total. The van der Waals surface area contributed by atoms with Crippen LogP contribution in [0.3, 0.4) is 0 Å². The van der Waals surface area contributed by atoms with Crippen LogP contribution in [0.15, 0.2) is 78.4 Å². The third kappa shape index (κ3) is 8.25. The van der Waals surface area contributed by atoms with Crippen LogP contribution in [-0.4, -0.2) is 13.0 Å². The maximum absolute atomic E-state index is 12.9. The first-order valence-corrected chi connectivity index (χ1v) is 14.1. The highest BCUT2D eigenvalue weighted by molar-refractivity contribution is 6.42. The van der Waals surface area contributed by atoms with Gasteiger partial charge >= 0.3 is 0 Å². The van der Waals surface area contributed by atoms with Crippen LogP contribution in [0.1, 0.15) is 16.7 Å². The summed E-state index contributed by atoms with van der Waals surface area (Å²) in [6.45, 7) is 0.404. The van der Waals surface area contributed by atoms with Gasteiger partial charge < -0.3 is 19.5 Å². The molecule has 0 aliphatic heterocycles. The van der Waals surface area contributed by atoms with Crippen LogP contribution in [0.2, 0.25) is 25.1 Å². The number of amides is 1. The van der Waals surface area contributed by atoms with Crippen molar-refractivity contribution in [1.29, 1.82) is 5.26 Å². The van der Waals surface area contributed by atoms with Crippen molar-refractivity contribution in [2.24, 2.45) is 0 Å². The minimum atomic E-state index is -0.603. The summed E-state index contributed by atoms with van der Waals surface area (Å²) < 4.78 is 17.1. The molecule has 0 radical (unpaired) electrons. The maximum Gasteiger partial charge on any atom is 0.266 e. The molecule has 4 rings (SSSR count). The van der Waals surface area contributed by atoms with Crippen LogP contribution >= 0.6 is 58.0 Å². The number of nitrogens with zero attached hydrogens (tertiary/aromatic N) is 1. The standard InChI is InChI=1S/C31H21Cl5N2O4/c1-40-29-13-19(12-28(36)30(29)42-16-18-2-9-25(33)27(35)11-18)10-21(15-37)31(39)38-23-5-7-24(8-6-23)41-17-20-3-4-22(32)14-26(20)34/h2-14H,16-17H2,1H3,(H,38,39)/b21-10+. The number of hydrogen-bond donors (Lipinski definition) is 1. The van der Waals surface area contributed by atoms with Gasteiger partial charge in [-0.2, -0.15) is 5.26 Å². The van der Waals surface area contributed by atoms with Gasteiger partial charge in [0.05, 0.1) is 22.2 Å². The second-order valence-electron chi connectivity index (χ2n) is 8.74. The van der Waals surface area contributed by atoms with E-state index in [1.54, 1.807) is 72.8 Å². The number of carbonyl (C=O) groups is 1. The Labute approximate surface area is 267 Å². The molecule has 0 saturated heterocycles. The monoisotopic (exact) mass is 660 g/mol. The van der Waals surface area contributed by atoms with E-state index in [2.05, 4.69) is 5.32 Å². The molecule has 1 N–H and O–H groups in total. The van der Waals surface area contributed by atoms with Crippen molar-refractivity contribution in [2.75, 3.05) is 12.4 Å². The smallest absolute Gasteiger partial charge is 0.266 e. The van der Waals surface area contributed by atoms with E-state index >= 15 is 0 Å². The number of hydrogen-bond acceptors (Lipinski definition) is 5. The molecule has 0 bridgehead atoms. The predicted octanol–water partition coefficient (Wildman–Crippen LogP) is 9.67. The maximum atomic E-state index is 12.9. The fourth-order valence-corrected chi connectivity index (χ4v) is 4.75. The van der Waals surface area contributed by atoms with Crippen LogP contribution in [0, 0.1) is 11.3 Å². The second kappa shape index (κ2) is 14.6. The van der Waals surface area contributed by atoms with E-state index in [1.807, 2.05) is 6.07 Å². The summed E-state index contributed by atoms with van der Waals surface area (Å²) in [4.78, 5) is 12.9. The van der Waals surface area contributed by atoms with E-state index < -0.39 is 5.91 Å². The third-order valence-electron chi connectivity index (χ3n) is 5.82. The quantitative estimate of drug-likeness (QED) is 0.135. The summed E-state index contributed by atoms with van der Waals surface area (Å²) in [5.41, 5.74) is 2.36. The topological polar surface area (TPSA) is 80.6 Å². The van der Waals surface area contributed by atoms with Crippen LogP contribution < -0.4 is 19.5 Å². The highest BCUT2D eigenvalue weighted by Crippen LogP contribution is 2.38. The van der Waals surface area contributed by atoms with Crippen molar-refractivity contribution >= 4 is 75.7 Å². The first-order valence-electron chi connectivity index (χ1n) is 12.2. The van der Waals surface area contributed by atoms with Crippen molar-refractivity contribution in [1.82, 2.24) is 0 Å². The number of anilines is 1. The summed E-state index contributed by atoms with van der Waals surface area (Å²) in [6, 6.07) is 22.1. The van der Waals surface area contributed by atoms with Gasteiger partial charge in [0.2, 0.25) is 0 Å². The predicted molar refractivity (Wildman–Crippen MR) is 168 cm³/mol. The molecular weight excluding hydrogens is 642 g/mol. The van der Waals surface area contributed by atoms with E-state index in [9.17, 15) is 10.1 Å². The van der Waals surface area contributed by atoms with Gasteiger partial charge in [0.15, 0.2) is 11.5 Å². The minimum absolute atomic E-state index is 0.143. The van der Waals surface area contributed by atoms with Crippen molar-refractivity contribution in [3.63, 3.8) is 0 Å². The Morgan fingerprint density at radius 1 is 0.833 bits per heavy atom. The number of ether oxygens (including phenoxy) is 3. The van der Waals surface area contributed by atoms with E-state index in [-0.39, 0.29) is 23.8 Å². The van der Waals surface area contributed by atoms with E-state index in [0.29, 0.717) is 48.6 Å². The zero-order valence-electron chi connectivity index (χ0n) is 21.9. The van der Waals surface area contributed by atoms with Gasteiger partial charge in [0.25, 0.3) is 5.91 Å². The average Bonchev–Trinajstić information content (AvgIpc) is 2.97. The van der Waals surface area contributed by atoms with Gasteiger partial charge in [-0.3, -0.25) is 4.79 Å². The number of benzene rings is 4. The molecule has 0 aliphatic carbocycles. The largest absolute Gasteiger partial charge is 0.493 e. The van der Waals surface area contributed by atoms with Crippen molar-refractivity contribution < 1.29 is 19.0 Å². The van der Waals surface area contributed by atoms with Crippen molar-refractivity contribution in [3.05, 3.63) is 120 Å². The normalized spacial score (nSPS) is 11.0. The van der Waals surface area contributed by atoms with Gasteiger partial charge in [-0.1, -0.05) is 70.1 Å². The van der Waals surface area contributed by atoms with E-state index in [1.165, 1.54) is 13.2 Å². The number of nitriles is 1. The second-order valence-corrected chi connectivity index (χ2v) is 10.8. The Hall–Kier alpha value is -3.57. The number of methoxy groups -OCH3 is 1. The summed E-state index contributed by atoms with van der Waals surface area (Å²) in [5.74, 6) is 0.584. The number of rotatable bonds is 10. The van der Waals surface area contributed by atoms with Crippen molar-refractivity contribution in [2.45, 2.75) is 13.2 Å². The Kier molecular flexibility index (Phi) is 10.9. The summed E-state index contributed by atoms with van der Waals surface area (Å²) in [7, 11) is 1.46. The summed E-state index contributed by atoms with van der Waals surface area (Å²) >= 11 is 30.6. The third-order valence-corrected chi connectivity index (χ3v) is 7.42. The molecule has 0 spiro atoms. The van der Waals surface area contributed by atoms with E-state index in [4.69, 9.17) is 72.2 Å². The SMILES string of the molecule is COc1cc(/C=C(\C#N)C(=O)Nc2ccc(OCc3ccc(Cl)cc3Cl)cc2)cc(Cl)c1OCc1ccc(Cl)c(Cl)c1. The van der Waals surface area contributed by atoms with Gasteiger partial charge in [-0.25, -0.2) is 0 Å². The molecule has 0 aliphatic rings. The zero-order valence-corrected chi connectivity index (χ0v) is 25.7. The van der Waals surface area contributed by atoms with Gasteiger partial charge in [0.1, 0.15) is 30.6 Å². The van der Waals surface area contributed by atoms with Gasteiger partial charge in [-0.15, -0.1) is 0 Å². The molecule has 0 unspecified atom stereocenters. The molecule has 0 aromatic heterocycles. The summed E-state index contributed by atoms with van der Waals surface area (Å²) in [6.07, 6.45) is 1.40. The highest BCUT2D eigenvalue weighted by atomic mass is 35.5. The number of carbonyl (C=O) groups excluding carboxylic acids is 1. The van der Waals surface area contributed by atoms with Crippen molar-refractivity contribution in [3.8, 4) is 23.3 Å². The molecule has 11 heteroatoms. The summed E-state index contributed by atoms with van der Waals surface area (Å²) in [5, 5.41) is 14.5. The molecule has 214 valence electrons. The molecule has 4 aromatic carbocycles. The van der Waals surface area contributed by atoms with Crippen LogP contribution in [0.5, 0.6) is 17.2 Å². The lowest BCUT2D eigenvalue weighted by Crippen LogP contribution is -2.13. The Morgan fingerprint density at radius 3 is 2.26 bits per heavy atom. The molecule has 0 saturated carbocycles. The fraction of sp³-hybridized carbons (Fsp3) is 0.0968. The number of halogens is 5. The highest BCUT2D eigenvalue weighted by Gasteiger charge is 2.15. The first-order chi connectivity index (χ1) is 20.2. The molecule has 0 atom stereocenters. The molecule has 4 aromatic rings. The lowest BCUT2D eigenvalue weighted by molar-refractivity contribution is -0.112. The Morgan fingerprint density at radius 2 is 1.60 bits per heavy atom. The van der Waals surface area contributed by atoms with Crippen LogP contribution in [0.4, 0.5) is 5.69 Å². The van der Waals surface area contributed by atoms with E-state index in [0.717, 1.165) is 11.1 Å². The molecule has 0 heterocycles. The number of nitrogens with one attached hydrogen (secondary N) is 1. The molecule has 42 heavy (non-hydrogen) atoms. The van der Waals surface area contributed by atoms with Gasteiger partial charge in [-0.05, 0) is 77.9 Å². The van der Waals surface area contributed by atoms with Crippen LogP contribution in [-0.2, 0) is 18.0 Å². The van der Waals surface area contributed by atoms with Gasteiger partial charge in [0, 0.05) is 21.3 Å². The Bertz CT molecular complexity index is 1680. The lowest BCUT2D eigenvalue weighted by atomic mass is 10.1. The molecular formula is C31H21Cl5N2O4. The average molecular weight is 663 g/mol. The minimum Gasteiger partial charge on any atom is -0.493 e. The molecule has 1 amide bonds. The van der Waals surface area contributed by atoms with Crippen LogP contribution in [0.25, 0.3) is 6.08 Å². The zero-order chi connectivity index (χ0) is 30.2. The molecule has 0 fully saturated rings.